The number of benzene rings is 1. The first-order valence-corrected chi connectivity index (χ1v) is 8.26. The quantitative estimate of drug-likeness (QED) is 0.676. The van der Waals surface area contributed by atoms with Crippen LogP contribution in [0.2, 0.25) is 0 Å². The van der Waals surface area contributed by atoms with E-state index in [1.165, 1.54) is 5.56 Å². The van der Waals surface area contributed by atoms with Gasteiger partial charge >= 0.3 is 11.8 Å². The summed E-state index contributed by atoms with van der Waals surface area (Å²) in [4.78, 5) is 23.6. The SMILES string of the molecule is CCC(CC)C(O)CNC(=O)C(=O)Nc1ccc(C(C)C)cc1. The van der Waals surface area contributed by atoms with Crippen molar-refractivity contribution in [2.75, 3.05) is 11.9 Å². The van der Waals surface area contributed by atoms with Crippen molar-refractivity contribution in [2.45, 2.75) is 52.6 Å². The third-order valence-corrected chi connectivity index (χ3v) is 4.11. The van der Waals surface area contributed by atoms with Crippen molar-refractivity contribution in [3.05, 3.63) is 29.8 Å². The largest absolute Gasteiger partial charge is 0.391 e. The summed E-state index contributed by atoms with van der Waals surface area (Å²) in [5.41, 5.74) is 1.75. The maximum Gasteiger partial charge on any atom is 0.313 e. The Labute approximate surface area is 138 Å². The van der Waals surface area contributed by atoms with E-state index in [-0.39, 0.29) is 12.5 Å². The average molecular weight is 320 g/mol. The molecule has 128 valence electrons. The van der Waals surface area contributed by atoms with Crippen molar-refractivity contribution in [3.63, 3.8) is 0 Å². The molecule has 0 fully saturated rings. The Hall–Kier alpha value is -1.88. The first-order chi connectivity index (χ1) is 10.9. The van der Waals surface area contributed by atoms with Crippen LogP contribution in [0.1, 0.15) is 52.0 Å². The zero-order valence-corrected chi connectivity index (χ0v) is 14.4. The molecule has 2 amide bonds. The summed E-state index contributed by atoms with van der Waals surface area (Å²) < 4.78 is 0. The smallest absolute Gasteiger partial charge is 0.313 e. The molecule has 0 heterocycles. The Balaban J connectivity index is 2.49. The standard InChI is InChI=1S/C18H28N2O3/c1-5-13(6-2)16(21)11-19-17(22)18(23)20-15-9-7-14(8-10-15)12(3)4/h7-10,12-13,16,21H,5-6,11H2,1-4H3,(H,19,22)(H,20,23). The maximum atomic E-state index is 11.8. The molecule has 5 nitrogen and oxygen atoms in total. The lowest BCUT2D eigenvalue weighted by Crippen LogP contribution is -2.41. The van der Waals surface area contributed by atoms with Gasteiger partial charge in [0, 0.05) is 12.2 Å². The summed E-state index contributed by atoms with van der Waals surface area (Å²) >= 11 is 0. The lowest BCUT2D eigenvalue weighted by atomic mass is 9.96. The molecule has 1 aromatic carbocycles. The number of carbonyl (C=O) groups excluding carboxylic acids is 2. The van der Waals surface area contributed by atoms with E-state index in [2.05, 4.69) is 24.5 Å². The number of hydrogen-bond acceptors (Lipinski definition) is 3. The fourth-order valence-electron chi connectivity index (χ4n) is 2.42. The summed E-state index contributed by atoms with van der Waals surface area (Å²) in [6.45, 7) is 8.25. The number of aliphatic hydroxyl groups excluding tert-OH is 1. The lowest BCUT2D eigenvalue weighted by Gasteiger charge is -2.20. The van der Waals surface area contributed by atoms with Gasteiger partial charge in [-0.25, -0.2) is 0 Å². The molecule has 0 radical (unpaired) electrons. The Morgan fingerprint density at radius 3 is 2.09 bits per heavy atom. The molecule has 5 heteroatoms. The van der Waals surface area contributed by atoms with Gasteiger partial charge in [0.05, 0.1) is 6.10 Å². The van der Waals surface area contributed by atoms with Crippen LogP contribution in [0.5, 0.6) is 0 Å². The molecule has 0 saturated carbocycles. The van der Waals surface area contributed by atoms with E-state index in [0.29, 0.717) is 11.6 Å². The molecule has 0 aliphatic heterocycles. The van der Waals surface area contributed by atoms with Crippen molar-refractivity contribution in [1.82, 2.24) is 5.32 Å². The highest BCUT2D eigenvalue weighted by atomic mass is 16.3. The fourth-order valence-corrected chi connectivity index (χ4v) is 2.42. The number of amides is 2. The second-order valence-corrected chi connectivity index (χ2v) is 6.08. The first-order valence-electron chi connectivity index (χ1n) is 8.26. The molecule has 0 aliphatic rings. The summed E-state index contributed by atoms with van der Waals surface area (Å²) in [7, 11) is 0. The second kappa shape index (κ2) is 9.30. The van der Waals surface area contributed by atoms with Gasteiger partial charge in [0.1, 0.15) is 0 Å². The van der Waals surface area contributed by atoms with E-state index in [1.54, 1.807) is 12.1 Å². The summed E-state index contributed by atoms with van der Waals surface area (Å²) in [6.07, 6.45) is 1.04. The van der Waals surface area contributed by atoms with Crippen molar-refractivity contribution < 1.29 is 14.7 Å². The monoisotopic (exact) mass is 320 g/mol. The molecule has 0 aliphatic carbocycles. The average Bonchev–Trinajstić information content (AvgIpc) is 2.54. The number of anilines is 1. The van der Waals surface area contributed by atoms with Crippen LogP contribution in [0.15, 0.2) is 24.3 Å². The van der Waals surface area contributed by atoms with Gasteiger partial charge in [-0.3, -0.25) is 9.59 Å². The second-order valence-electron chi connectivity index (χ2n) is 6.08. The van der Waals surface area contributed by atoms with Crippen molar-refractivity contribution in [1.29, 1.82) is 0 Å². The Morgan fingerprint density at radius 2 is 1.61 bits per heavy atom. The van der Waals surface area contributed by atoms with Gasteiger partial charge in [-0.2, -0.15) is 0 Å². The zero-order chi connectivity index (χ0) is 17.4. The van der Waals surface area contributed by atoms with Crippen molar-refractivity contribution in [3.8, 4) is 0 Å². The number of hydrogen-bond donors (Lipinski definition) is 3. The zero-order valence-electron chi connectivity index (χ0n) is 14.4. The van der Waals surface area contributed by atoms with Gasteiger partial charge in [-0.05, 0) is 29.5 Å². The molecule has 0 saturated heterocycles. The number of rotatable bonds is 7. The van der Waals surface area contributed by atoms with Crippen LogP contribution < -0.4 is 10.6 Å². The lowest BCUT2D eigenvalue weighted by molar-refractivity contribution is -0.136. The van der Waals surface area contributed by atoms with Gasteiger partial charge < -0.3 is 15.7 Å². The maximum absolute atomic E-state index is 11.8. The van der Waals surface area contributed by atoms with Crippen LogP contribution in [-0.2, 0) is 9.59 Å². The molecule has 23 heavy (non-hydrogen) atoms. The summed E-state index contributed by atoms with van der Waals surface area (Å²) in [5, 5.41) is 15.0. The van der Waals surface area contributed by atoms with Crippen LogP contribution in [0.25, 0.3) is 0 Å². The van der Waals surface area contributed by atoms with Crippen LogP contribution >= 0.6 is 0 Å². The minimum Gasteiger partial charge on any atom is -0.391 e. The van der Waals surface area contributed by atoms with E-state index in [9.17, 15) is 14.7 Å². The van der Waals surface area contributed by atoms with Crippen LogP contribution in [-0.4, -0.2) is 29.6 Å². The highest BCUT2D eigenvalue weighted by Crippen LogP contribution is 2.17. The third-order valence-electron chi connectivity index (χ3n) is 4.11. The molecule has 1 atom stereocenters. The Kier molecular flexibility index (Phi) is 7.75. The predicted octanol–water partition coefficient (Wildman–Crippen LogP) is 2.66. The predicted molar refractivity (Wildman–Crippen MR) is 92.2 cm³/mol. The van der Waals surface area contributed by atoms with E-state index >= 15 is 0 Å². The molecule has 1 aromatic rings. The Bertz CT molecular complexity index is 508. The van der Waals surface area contributed by atoms with Gasteiger partial charge in [0.25, 0.3) is 0 Å². The van der Waals surface area contributed by atoms with E-state index < -0.39 is 17.9 Å². The molecule has 0 spiro atoms. The van der Waals surface area contributed by atoms with Crippen LogP contribution in [0, 0.1) is 5.92 Å². The van der Waals surface area contributed by atoms with Crippen molar-refractivity contribution >= 4 is 17.5 Å². The normalized spacial score (nSPS) is 12.3. The number of aliphatic hydroxyl groups is 1. The molecule has 1 unspecified atom stereocenters. The van der Waals surface area contributed by atoms with E-state index in [1.807, 2.05) is 26.0 Å². The number of carbonyl (C=O) groups is 2. The molecule has 0 aromatic heterocycles. The highest BCUT2D eigenvalue weighted by Gasteiger charge is 2.19. The molecule has 0 bridgehead atoms. The molecule has 1 rings (SSSR count). The van der Waals surface area contributed by atoms with Gasteiger partial charge in [-0.1, -0.05) is 52.7 Å². The summed E-state index contributed by atoms with van der Waals surface area (Å²) in [5.74, 6) is -0.918. The molecule has 3 N–H and O–H groups in total. The fraction of sp³-hybridized carbons (Fsp3) is 0.556. The van der Waals surface area contributed by atoms with Gasteiger partial charge in [0.15, 0.2) is 0 Å². The van der Waals surface area contributed by atoms with Gasteiger partial charge in [0.2, 0.25) is 0 Å². The van der Waals surface area contributed by atoms with E-state index in [4.69, 9.17) is 0 Å². The number of nitrogens with one attached hydrogen (secondary N) is 2. The minimum absolute atomic E-state index is 0.0882. The Morgan fingerprint density at radius 1 is 1.04 bits per heavy atom. The highest BCUT2D eigenvalue weighted by molar-refractivity contribution is 6.39. The molecular weight excluding hydrogens is 292 g/mol. The van der Waals surface area contributed by atoms with E-state index in [0.717, 1.165) is 12.8 Å². The topological polar surface area (TPSA) is 78.4 Å². The third kappa shape index (κ3) is 6.02. The van der Waals surface area contributed by atoms with Crippen LogP contribution in [0.3, 0.4) is 0 Å². The van der Waals surface area contributed by atoms with Gasteiger partial charge in [-0.15, -0.1) is 0 Å². The summed E-state index contributed by atoms with van der Waals surface area (Å²) in [6, 6.07) is 7.41. The molecular formula is C18H28N2O3. The van der Waals surface area contributed by atoms with Crippen molar-refractivity contribution in [2.24, 2.45) is 5.92 Å². The van der Waals surface area contributed by atoms with Crippen LogP contribution in [0.4, 0.5) is 5.69 Å². The minimum atomic E-state index is -0.733. The first kappa shape index (κ1) is 19.2.